The average molecular weight is 679 g/mol. The van der Waals surface area contributed by atoms with E-state index in [0.29, 0.717) is 3.63 Å². The standard InChI is InChI=1S/C27H29.C9H13.C3H6.2ClH.Zr/c1-16-7-9-26(3,4)24-12-18-11-19-13-25-21(17(2)8-10-27(25,5)6)15-23(19)22(18)14-20(16)24;1-9(2,3)8-6-4-5-7-8;1-3-2;;;/h7-9,12-15H,10-11H2,1-6H3;6-7H,4H2,1-3H3;1-2H3;2*1H;/q;;;;;+2/p-2. The third-order valence-corrected chi connectivity index (χ3v) is 19.4. The van der Waals surface area contributed by atoms with Crippen molar-refractivity contribution in [1.29, 1.82) is 0 Å². The van der Waals surface area contributed by atoms with E-state index in [9.17, 15) is 0 Å². The molecule has 0 spiro atoms. The molecule has 1 atom stereocenters. The first-order valence-electron chi connectivity index (χ1n) is 15.4. The second kappa shape index (κ2) is 11.3. The fourth-order valence-corrected chi connectivity index (χ4v) is 16.7. The molecule has 0 saturated heterocycles. The van der Waals surface area contributed by atoms with E-state index in [4.69, 9.17) is 0 Å². The smallest absolute Gasteiger partial charge is 1.00 e. The molecule has 0 fully saturated rings. The van der Waals surface area contributed by atoms with Crippen molar-refractivity contribution in [2.75, 3.05) is 0 Å². The topological polar surface area (TPSA) is 0 Å². The van der Waals surface area contributed by atoms with Gasteiger partial charge in [-0.05, 0) is 0 Å². The molecule has 2 aromatic rings. The van der Waals surface area contributed by atoms with Gasteiger partial charge in [0.2, 0.25) is 0 Å². The van der Waals surface area contributed by atoms with Crippen LogP contribution in [0.2, 0.25) is 3.63 Å². The molecular formula is C39H48Cl2Zr. The second-order valence-electron chi connectivity index (χ2n) is 15.5. The molecule has 0 aliphatic heterocycles. The molecule has 6 rings (SSSR count). The summed E-state index contributed by atoms with van der Waals surface area (Å²) in [6, 6.07) is 10.3. The van der Waals surface area contributed by atoms with E-state index in [1.54, 1.807) is 23.2 Å². The van der Waals surface area contributed by atoms with Crippen LogP contribution in [-0.4, -0.2) is 3.21 Å². The maximum atomic E-state index is 2.71. The normalized spacial score (nSPS) is 20.6. The van der Waals surface area contributed by atoms with Crippen molar-refractivity contribution >= 4 is 14.4 Å². The number of rotatable bonds is 2. The van der Waals surface area contributed by atoms with E-state index < -0.39 is 21.3 Å². The molecule has 0 bridgehead atoms. The molecular weight excluding hydrogens is 631 g/mol. The molecule has 0 saturated carbocycles. The predicted octanol–water partition coefficient (Wildman–Crippen LogP) is 4.92. The maximum Gasteiger partial charge on any atom is -1.00 e. The van der Waals surface area contributed by atoms with Gasteiger partial charge >= 0.3 is 253 Å². The first-order valence-corrected chi connectivity index (χ1v) is 19.3. The summed E-state index contributed by atoms with van der Waals surface area (Å²) in [7, 11) is 0. The van der Waals surface area contributed by atoms with E-state index in [2.05, 4.69) is 125 Å². The molecule has 4 aliphatic carbocycles. The van der Waals surface area contributed by atoms with Gasteiger partial charge < -0.3 is 24.8 Å². The summed E-state index contributed by atoms with van der Waals surface area (Å²) < 4.78 is 4.17. The number of halogens is 2. The maximum absolute atomic E-state index is 2.71. The Morgan fingerprint density at radius 3 is 1.90 bits per heavy atom. The Kier molecular flexibility index (Phi) is 9.02. The molecule has 0 aromatic heterocycles. The molecule has 2 aromatic carbocycles. The number of benzene rings is 2. The van der Waals surface area contributed by atoms with Crippen molar-refractivity contribution in [3.8, 4) is 11.1 Å². The van der Waals surface area contributed by atoms with Crippen molar-refractivity contribution in [2.45, 2.75) is 110 Å². The largest absolute Gasteiger partial charge is 1.00 e. The van der Waals surface area contributed by atoms with E-state index in [0.717, 1.165) is 12.8 Å². The number of allylic oxidation sites excluding steroid dienone is 8. The van der Waals surface area contributed by atoms with Gasteiger partial charge in [0.25, 0.3) is 0 Å². The van der Waals surface area contributed by atoms with Crippen LogP contribution in [0.25, 0.3) is 22.3 Å². The Bertz CT molecular complexity index is 1630. The minimum absolute atomic E-state index is 0. The van der Waals surface area contributed by atoms with Crippen LogP contribution < -0.4 is 24.8 Å². The van der Waals surface area contributed by atoms with Gasteiger partial charge in [-0.2, -0.15) is 0 Å². The first-order chi connectivity index (χ1) is 18.6. The third kappa shape index (κ3) is 5.33. The Morgan fingerprint density at radius 1 is 0.786 bits per heavy atom. The van der Waals surface area contributed by atoms with E-state index in [1.165, 1.54) is 50.9 Å². The van der Waals surface area contributed by atoms with E-state index in [1.807, 2.05) is 0 Å². The molecule has 4 aliphatic rings. The quantitative estimate of drug-likeness (QED) is 0.361. The Hall–Kier alpha value is -1.27. The molecule has 0 nitrogen and oxygen atoms in total. The zero-order valence-corrected chi connectivity index (χ0v) is 31.5. The Morgan fingerprint density at radius 2 is 1.36 bits per heavy atom. The summed E-state index contributed by atoms with van der Waals surface area (Å²) in [6.45, 7) is 26.6. The van der Waals surface area contributed by atoms with Gasteiger partial charge in [-0.3, -0.25) is 0 Å². The van der Waals surface area contributed by atoms with Crippen LogP contribution in [0.1, 0.15) is 122 Å². The Labute approximate surface area is 275 Å². The summed E-state index contributed by atoms with van der Waals surface area (Å²) in [6.07, 6.45) is 13.7. The average Bonchev–Trinajstić information content (AvgIpc) is 3.48. The summed E-state index contributed by atoms with van der Waals surface area (Å²) in [5, 5.41) is 0. The summed E-state index contributed by atoms with van der Waals surface area (Å²) >= 11 is -2.10. The molecule has 42 heavy (non-hydrogen) atoms. The number of hydrogen-bond acceptors (Lipinski definition) is 0. The van der Waals surface area contributed by atoms with Crippen LogP contribution in [-0.2, 0) is 38.5 Å². The van der Waals surface area contributed by atoms with Gasteiger partial charge in [-0.1, -0.05) is 0 Å². The van der Waals surface area contributed by atoms with Crippen molar-refractivity contribution < 1.29 is 46.1 Å². The molecule has 0 heterocycles. The van der Waals surface area contributed by atoms with E-state index in [-0.39, 0.29) is 41.1 Å². The monoisotopic (exact) mass is 676 g/mol. The van der Waals surface area contributed by atoms with Crippen LogP contribution in [0.4, 0.5) is 0 Å². The van der Waals surface area contributed by atoms with Crippen molar-refractivity contribution in [2.24, 2.45) is 5.41 Å². The second-order valence-corrected chi connectivity index (χ2v) is 23.1. The summed E-state index contributed by atoms with van der Waals surface area (Å²) in [4.78, 5) is 0. The van der Waals surface area contributed by atoms with Gasteiger partial charge in [0.05, 0.1) is 0 Å². The fourth-order valence-electron chi connectivity index (χ4n) is 7.89. The van der Waals surface area contributed by atoms with Crippen molar-refractivity contribution in [3.05, 3.63) is 90.8 Å². The zero-order chi connectivity index (χ0) is 28.9. The Balaban J connectivity index is 0.00000202. The van der Waals surface area contributed by atoms with Crippen LogP contribution in [0, 0.1) is 5.41 Å². The summed E-state index contributed by atoms with van der Waals surface area (Å²) in [5.41, 5.74) is 17.2. The van der Waals surface area contributed by atoms with Gasteiger partial charge in [0.1, 0.15) is 0 Å². The van der Waals surface area contributed by atoms with Gasteiger partial charge in [-0.15, -0.1) is 0 Å². The molecule has 222 valence electrons. The van der Waals surface area contributed by atoms with Crippen LogP contribution >= 0.6 is 0 Å². The van der Waals surface area contributed by atoms with Gasteiger partial charge in [0.15, 0.2) is 0 Å². The molecule has 0 amide bonds. The van der Waals surface area contributed by atoms with Crippen LogP contribution in [0.5, 0.6) is 0 Å². The van der Waals surface area contributed by atoms with Crippen LogP contribution in [0.15, 0.2) is 57.4 Å². The molecule has 1 unspecified atom stereocenters. The number of hydrogen-bond donors (Lipinski definition) is 0. The molecule has 3 heteroatoms. The van der Waals surface area contributed by atoms with Crippen LogP contribution in [0.3, 0.4) is 0 Å². The minimum Gasteiger partial charge on any atom is -1.00 e. The summed E-state index contributed by atoms with van der Waals surface area (Å²) in [5.74, 6) is 0. The molecule has 0 N–H and O–H groups in total. The van der Waals surface area contributed by atoms with Gasteiger partial charge in [-0.25, -0.2) is 0 Å². The van der Waals surface area contributed by atoms with Crippen molar-refractivity contribution in [1.82, 2.24) is 0 Å². The first kappa shape index (κ1) is 33.6. The molecule has 0 radical (unpaired) electrons. The zero-order valence-electron chi connectivity index (χ0n) is 27.6. The SMILES string of the molecule is CC1=CCC(C)(C)c2cc3c(cc21)-c1cc2c(cc1C3)C(C)(C)[CH]([Zr+2]([C]1=CC(C(C)(C)C)=CC1)=[C](C)C)C=C2C.[Cl-].[Cl-]. The predicted molar refractivity (Wildman–Crippen MR) is 173 cm³/mol. The van der Waals surface area contributed by atoms with E-state index >= 15 is 0 Å². The number of fused-ring (bicyclic) bond motifs is 5. The third-order valence-electron chi connectivity index (χ3n) is 10.5. The van der Waals surface area contributed by atoms with Gasteiger partial charge in [0, 0.05) is 0 Å². The fraction of sp³-hybridized carbons (Fsp3) is 0.462. The van der Waals surface area contributed by atoms with Crippen molar-refractivity contribution in [3.63, 3.8) is 0 Å². The minimum atomic E-state index is -2.10.